The van der Waals surface area contributed by atoms with Gasteiger partial charge in [0.15, 0.2) is 0 Å². The molecule has 0 saturated carbocycles. The number of alkyl halides is 3. The summed E-state index contributed by atoms with van der Waals surface area (Å²) in [6.45, 7) is 5.20. The number of para-hydroxylation sites is 1. The predicted molar refractivity (Wildman–Crippen MR) is 122 cm³/mol. The van der Waals surface area contributed by atoms with Gasteiger partial charge in [0.1, 0.15) is 0 Å². The minimum Gasteiger partial charge on any atom is -0.475 e. The average molecular weight is 492 g/mol. The number of anilines is 2. The molecule has 4 rings (SSSR count). The summed E-state index contributed by atoms with van der Waals surface area (Å²) in [5.74, 6) is -2.67. The molecule has 1 aromatic carbocycles. The lowest BCUT2D eigenvalue weighted by molar-refractivity contribution is -0.192. The van der Waals surface area contributed by atoms with Gasteiger partial charge in [-0.15, -0.1) is 0 Å². The van der Waals surface area contributed by atoms with E-state index in [1.165, 1.54) is 0 Å². The first-order chi connectivity index (χ1) is 16.5. The van der Waals surface area contributed by atoms with E-state index in [0.717, 1.165) is 23.4 Å². The Labute approximate surface area is 200 Å². The van der Waals surface area contributed by atoms with Crippen LogP contribution in [0.1, 0.15) is 38.7 Å². The molecule has 188 valence electrons. The third-order valence-corrected chi connectivity index (χ3v) is 6.31. The van der Waals surface area contributed by atoms with E-state index >= 15 is 0 Å². The quantitative estimate of drug-likeness (QED) is 0.668. The van der Waals surface area contributed by atoms with Crippen molar-refractivity contribution in [1.82, 2.24) is 15.2 Å². The molecule has 3 amide bonds. The third-order valence-electron chi connectivity index (χ3n) is 6.31. The van der Waals surface area contributed by atoms with Crippen LogP contribution in [0.4, 0.5) is 29.3 Å². The van der Waals surface area contributed by atoms with Crippen molar-refractivity contribution in [2.45, 2.75) is 50.7 Å². The lowest BCUT2D eigenvalue weighted by Crippen LogP contribution is -2.52. The smallest absolute Gasteiger partial charge is 0.475 e. The van der Waals surface area contributed by atoms with Crippen LogP contribution in [0.15, 0.2) is 48.8 Å². The Morgan fingerprint density at radius 1 is 1.17 bits per heavy atom. The first-order valence-electron chi connectivity index (χ1n) is 11.2. The van der Waals surface area contributed by atoms with Crippen molar-refractivity contribution in [2.24, 2.45) is 0 Å². The number of amides is 3. The van der Waals surface area contributed by atoms with Crippen LogP contribution in [-0.2, 0) is 15.0 Å². The summed E-state index contributed by atoms with van der Waals surface area (Å²) in [5.41, 5.74) is 2.21. The number of carboxylic acids is 1. The van der Waals surface area contributed by atoms with Gasteiger partial charge in [0.2, 0.25) is 5.91 Å². The van der Waals surface area contributed by atoms with Crippen molar-refractivity contribution in [3.8, 4) is 0 Å². The molecule has 0 bridgehead atoms. The molecule has 1 aromatic heterocycles. The monoisotopic (exact) mass is 492 g/mol. The standard InChI is InChI=1S/C22H26N4O2.C2HF3O2/c1-3-16(2)24-21(28)25-13-10-22(11-14-25)18-8-4-5-9-19(18)26(20(22)27)17-7-6-12-23-15-17;3-2(4,5)1(6)7/h4-9,12,15-16H,3,10-11,13-14H2,1-2H3,(H,24,28);(H,6,7). The van der Waals surface area contributed by atoms with E-state index in [-0.39, 0.29) is 18.0 Å². The van der Waals surface area contributed by atoms with Gasteiger partial charge in [0.05, 0.1) is 23.0 Å². The number of benzene rings is 1. The molecule has 1 fully saturated rings. The van der Waals surface area contributed by atoms with Crippen molar-refractivity contribution in [3.05, 3.63) is 54.4 Å². The van der Waals surface area contributed by atoms with Gasteiger partial charge in [0.25, 0.3) is 0 Å². The van der Waals surface area contributed by atoms with E-state index in [1.54, 1.807) is 17.3 Å². The van der Waals surface area contributed by atoms with Gasteiger partial charge >= 0.3 is 18.2 Å². The number of rotatable bonds is 3. The minimum atomic E-state index is -5.08. The van der Waals surface area contributed by atoms with Crippen LogP contribution in [0.25, 0.3) is 0 Å². The predicted octanol–water partition coefficient (Wildman–Crippen LogP) is 4.23. The number of aromatic nitrogens is 1. The first-order valence-corrected chi connectivity index (χ1v) is 11.2. The summed E-state index contributed by atoms with van der Waals surface area (Å²) >= 11 is 0. The highest BCUT2D eigenvalue weighted by Crippen LogP contribution is 2.50. The number of likely N-dealkylation sites (tertiary alicyclic amines) is 1. The lowest BCUT2D eigenvalue weighted by atomic mass is 9.73. The maximum absolute atomic E-state index is 13.6. The number of hydrogen-bond donors (Lipinski definition) is 2. The highest BCUT2D eigenvalue weighted by Gasteiger charge is 2.52. The second-order valence-electron chi connectivity index (χ2n) is 8.50. The molecule has 0 radical (unpaired) electrons. The fourth-order valence-electron chi connectivity index (χ4n) is 4.23. The Balaban J connectivity index is 0.000000429. The van der Waals surface area contributed by atoms with E-state index in [4.69, 9.17) is 9.90 Å². The molecule has 0 aliphatic carbocycles. The summed E-state index contributed by atoms with van der Waals surface area (Å²) in [6.07, 6.45) is 0.513. The fraction of sp³-hybridized carbons (Fsp3) is 0.417. The number of carbonyl (C=O) groups excluding carboxylic acids is 2. The Morgan fingerprint density at radius 3 is 2.34 bits per heavy atom. The molecule has 11 heteroatoms. The lowest BCUT2D eigenvalue weighted by Gasteiger charge is -2.38. The molecule has 1 saturated heterocycles. The zero-order valence-corrected chi connectivity index (χ0v) is 19.4. The van der Waals surface area contributed by atoms with E-state index in [1.807, 2.05) is 42.2 Å². The molecule has 2 aliphatic rings. The Hall–Kier alpha value is -3.63. The Bertz CT molecular complexity index is 1070. The SMILES string of the molecule is CCC(C)NC(=O)N1CCC2(CC1)C(=O)N(c1cccnc1)c1ccccc12.O=C(O)C(F)(F)F. The zero-order chi connectivity index (χ0) is 25.8. The Morgan fingerprint density at radius 2 is 1.80 bits per heavy atom. The Kier molecular flexibility index (Phi) is 7.67. The van der Waals surface area contributed by atoms with Gasteiger partial charge in [0, 0.05) is 25.3 Å². The number of urea groups is 1. The molecule has 8 nitrogen and oxygen atoms in total. The van der Waals surface area contributed by atoms with Gasteiger partial charge in [-0.2, -0.15) is 13.2 Å². The van der Waals surface area contributed by atoms with Crippen LogP contribution in [-0.4, -0.2) is 58.2 Å². The van der Waals surface area contributed by atoms with Crippen LogP contribution >= 0.6 is 0 Å². The first kappa shape index (κ1) is 26.0. The van der Waals surface area contributed by atoms with Crippen molar-refractivity contribution in [1.29, 1.82) is 0 Å². The van der Waals surface area contributed by atoms with Crippen LogP contribution in [0.5, 0.6) is 0 Å². The largest absolute Gasteiger partial charge is 0.490 e. The van der Waals surface area contributed by atoms with Gasteiger partial charge < -0.3 is 15.3 Å². The second-order valence-corrected chi connectivity index (χ2v) is 8.50. The number of nitrogens with one attached hydrogen (secondary N) is 1. The second kappa shape index (κ2) is 10.3. The normalized spacial score (nSPS) is 17.3. The molecular weight excluding hydrogens is 465 g/mol. The minimum absolute atomic E-state index is 0.0351. The van der Waals surface area contributed by atoms with Gasteiger partial charge in [-0.05, 0) is 49.9 Å². The summed E-state index contributed by atoms with van der Waals surface area (Å²) < 4.78 is 31.7. The van der Waals surface area contributed by atoms with E-state index < -0.39 is 17.6 Å². The van der Waals surface area contributed by atoms with Gasteiger partial charge in [-0.3, -0.25) is 14.7 Å². The van der Waals surface area contributed by atoms with Crippen molar-refractivity contribution in [3.63, 3.8) is 0 Å². The van der Waals surface area contributed by atoms with Gasteiger partial charge in [-0.1, -0.05) is 25.1 Å². The molecule has 1 unspecified atom stereocenters. The molecule has 2 aromatic rings. The summed E-state index contributed by atoms with van der Waals surface area (Å²) in [6, 6.07) is 11.9. The number of piperidine rings is 1. The van der Waals surface area contributed by atoms with Crippen molar-refractivity contribution < 1.29 is 32.7 Å². The highest BCUT2D eigenvalue weighted by atomic mass is 19.4. The maximum atomic E-state index is 13.6. The number of carbonyl (C=O) groups is 3. The maximum Gasteiger partial charge on any atom is 0.490 e. The average Bonchev–Trinajstić information content (AvgIpc) is 3.07. The highest BCUT2D eigenvalue weighted by molar-refractivity contribution is 6.13. The fourth-order valence-corrected chi connectivity index (χ4v) is 4.23. The molecule has 1 atom stereocenters. The zero-order valence-electron chi connectivity index (χ0n) is 19.4. The van der Waals surface area contributed by atoms with E-state index in [9.17, 15) is 22.8 Å². The van der Waals surface area contributed by atoms with Gasteiger partial charge in [-0.25, -0.2) is 9.59 Å². The van der Waals surface area contributed by atoms with Crippen LogP contribution in [0.2, 0.25) is 0 Å². The number of pyridine rings is 1. The summed E-state index contributed by atoms with van der Waals surface area (Å²) in [4.78, 5) is 42.8. The number of hydrogen-bond acceptors (Lipinski definition) is 4. The number of nitrogens with zero attached hydrogens (tertiary/aromatic N) is 3. The molecule has 1 spiro atoms. The molecule has 35 heavy (non-hydrogen) atoms. The molecular formula is C24H27F3N4O4. The number of fused-ring (bicyclic) bond motifs is 2. The molecule has 2 aliphatic heterocycles. The molecule has 2 N–H and O–H groups in total. The number of aliphatic carboxylic acids is 1. The van der Waals surface area contributed by atoms with Crippen molar-refractivity contribution >= 4 is 29.3 Å². The van der Waals surface area contributed by atoms with E-state index in [2.05, 4.69) is 23.3 Å². The number of halogens is 3. The van der Waals surface area contributed by atoms with Crippen LogP contribution in [0, 0.1) is 0 Å². The third kappa shape index (κ3) is 5.39. The van der Waals surface area contributed by atoms with Crippen LogP contribution in [0.3, 0.4) is 0 Å². The topological polar surface area (TPSA) is 103 Å². The summed E-state index contributed by atoms with van der Waals surface area (Å²) in [7, 11) is 0. The molecule has 3 heterocycles. The summed E-state index contributed by atoms with van der Waals surface area (Å²) in [5, 5.41) is 10.2. The van der Waals surface area contributed by atoms with E-state index in [0.29, 0.717) is 25.9 Å². The van der Waals surface area contributed by atoms with Crippen molar-refractivity contribution in [2.75, 3.05) is 18.0 Å². The van der Waals surface area contributed by atoms with Crippen LogP contribution < -0.4 is 10.2 Å². The number of carboxylic acid groups (broad SMARTS) is 1.